The molecule has 0 spiro atoms. The number of amides is 3. The van der Waals surface area contributed by atoms with E-state index >= 15 is 0 Å². The number of nitrogens with zero attached hydrogens (tertiary/aromatic N) is 5. The summed E-state index contributed by atoms with van der Waals surface area (Å²) in [4.78, 5) is 64.9. The molecule has 1 aliphatic carbocycles. The monoisotopic (exact) mass is 936 g/mol. The zero-order valence-electron chi connectivity index (χ0n) is 40.4. The first-order chi connectivity index (χ1) is 32.7. The highest BCUT2D eigenvalue weighted by Gasteiger charge is 2.57. The summed E-state index contributed by atoms with van der Waals surface area (Å²) in [6.07, 6.45) is 8.78. The highest BCUT2D eigenvalue weighted by Crippen LogP contribution is 2.46. The Hall–Kier alpha value is -6.69. The molecule has 17 heteroatoms. The van der Waals surface area contributed by atoms with E-state index in [0.717, 1.165) is 22.3 Å². The summed E-state index contributed by atoms with van der Waals surface area (Å²) < 4.78 is 14.9. The maximum Gasteiger partial charge on any atom is 0.482 e. The van der Waals surface area contributed by atoms with Gasteiger partial charge < -0.3 is 35.1 Å². The van der Waals surface area contributed by atoms with Crippen LogP contribution in [0.3, 0.4) is 0 Å². The summed E-state index contributed by atoms with van der Waals surface area (Å²) in [5.41, 5.74) is 1.37. The zero-order valence-corrected chi connectivity index (χ0v) is 40.4. The molecule has 2 aromatic heterocycles. The van der Waals surface area contributed by atoms with E-state index in [2.05, 4.69) is 44.6 Å². The number of aromatic nitrogens is 5. The molecule has 0 radical (unpaired) electrons. The normalized spacial score (nSPS) is 21.9. The minimum atomic E-state index is -1.28. The van der Waals surface area contributed by atoms with Gasteiger partial charge in [-0.1, -0.05) is 82.3 Å². The lowest BCUT2D eigenvalue weighted by Crippen LogP contribution is -2.55. The topological polar surface area (TPSA) is 214 Å². The Morgan fingerprint density at radius 2 is 1.68 bits per heavy atom. The van der Waals surface area contributed by atoms with E-state index in [1.807, 2.05) is 95.3 Å². The second-order valence-electron chi connectivity index (χ2n) is 20.0. The Labute approximate surface area is 402 Å². The van der Waals surface area contributed by atoms with Gasteiger partial charge in [0.25, 0.3) is 11.8 Å². The molecule has 5 N–H and O–H groups in total. The maximum absolute atomic E-state index is 14.2. The Morgan fingerprint density at radius 3 is 2.36 bits per heavy atom. The van der Waals surface area contributed by atoms with Gasteiger partial charge in [0, 0.05) is 43.4 Å². The van der Waals surface area contributed by atoms with Gasteiger partial charge >= 0.3 is 12.8 Å². The van der Waals surface area contributed by atoms with Crippen LogP contribution in [0.4, 0.5) is 0 Å². The molecule has 4 heterocycles. The SMILES string of the molecule is CC(C)C[C@H](NC(=O)[C@H](Cc1ccccc1)NC(=O)c1cnccn1)B1OC(C)(C)C(C)(c2ccc(C(=O)N3CCc4ccc(-n5c(C6=CC(C(C)C)C(C)(O)C=C6O)n[nH]c5=O)cc4C3)cc2)O1. The molecular weight excluding hydrogens is 875 g/mol. The first-order valence-corrected chi connectivity index (χ1v) is 23.6. The Morgan fingerprint density at radius 1 is 0.942 bits per heavy atom. The van der Waals surface area contributed by atoms with Gasteiger partial charge in [-0.2, -0.15) is 5.10 Å². The lowest BCUT2D eigenvalue weighted by Gasteiger charge is -2.37. The minimum Gasteiger partial charge on any atom is -0.507 e. The number of aliphatic hydroxyl groups excluding tert-OH is 1. The van der Waals surface area contributed by atoms with Gasteiger partial charge in [-0.15, -0.1) is 0 Å². The molecular formula is C52H61BN8O8. The number of H-pyrrole nitrogens is 1. The van der Waals surface area contributed by atoms with Gasteiger partial charge in [-0.3, -0.25) is 19.4 Å². The molecule has 5 aromatic rings. The van der Waals surface area contributed by atoms with Crippen LogP contribution in [-0.4, -0.2) is 94.4 Å². The molecule has 1 saturated heterocycles. The number of aliphatic hydroxyl groups is 2. The first kappa shape index (κ1) is 48.8. The summed E-state index contributed by atoms with van der Waals surface area (Å²) >= 11 is 0. The Balaban J connectivity index is 0.978. The number of hydrogen-bond donors (Lipinski definition) is 5. The van der Waals surface area contributed by atoms with Crippen molar-refractivity contribution in [3.63, 3.8) is 0 Å². The predicted molar refractivity (Wildman–Crippen MR) is 261 cm³/mol. The van der Waals surface area contributed by atoms with Crippen molar-refractivity contribution < 1.29 is 33.9 Å². The van der Waals surface area contributed by atoms with Crippen LogP contribution in [0.15, 0.2) is 114 Å². The molecule has 2 aliphatic heterocycles. The van der Waals surface area contributed by atoms with Crippen molar-refractivity contribution in [3.05, 3.63) is 159 Å². The fourth-order valence-corrected chi connectivity index (χ4v) is 9.75. The van der Waals surface area contributed by atoms with Crippen LogP contribution < -0.4 is 16.3 Å². The molecule has 16 nitrogen and oxygen atoms in total. The van der Waals surface area contributed by atoms with Gasteiger partial charge in [0.05, 0.1) is 34.6 Å². The molecule has 3 aromatic carbocycles. The van der Waals surface area contributed by atoms with Crippen molar-refractivity contribution in [1.82, 2.24) is 40.3 Å². The number of fused-ring (bicyclic) bond motifs is 1. The summed E-state index contributed by atoms with van der Waals surface area (Å²) in [5, 5.41) is 34.9. The van der Waals surface area contributed by atoms with Crippen LogP contribution in [0.25, 0.3) is 11.3 Å². The van der Waals surface area contributed by atoms with Crippen LogP contribution in [-0.2, 0) is 39.1 Å². The highest BCUT2D eigenvalue weighted by atomic mass is 16.7. The van der Waals surface area contributed by atoms with Gasteiger partial charge in [-0.05, 0) is 105 Å². The largest absolute Gasteiger partial charge is 0.507 e. The van der Waals surface area contributed by atoms with Gasteiger partial charge in [0.1, 0.15) is 23.1 Å². The van der Waals surface area contributed by atoms with E-state index in [1.54, 1.807) is 30.0 Å². The number of nitrogens with one attached hydrogen (secondary N) is 3. The molecule has 5 atom stereocenters. The lowest BCUT2D eigenvalue weighted by atomic mass is 9.73. The van der Waals surface area contributed by atoms with Crippen molar-refractivity contribution >= 4 is 30.4 Å². The second-order valence-corrected chi connectivity index (χ2v) is 20.0. The number of aromatic amines is 1. The van der Waals surface area contributed by atoms with Gasteiger partial charge in [0.15, 0.2) is 5.82 Å². The lowest BCUT2D eigenvalue weighted by molar-refractivity contribution is -0.123. The number of allylic oxidation sites excluding steroid dienone is 1. The van der Waals surface area contributed by atoms with E-state index in [-0.39, 0.29) is 47.4 Å². The molecule has 3 unspecified atom stereocenters. The Bertz CT molecular complexity index is 2820. The number of carbonyl (C=O) groups is 3. The molecule has 3 amide bonds. The molecule has 360 valence electrons. The van der Waals surface area contributed by atoms with E-state index in [1.165, 1.54) is 29.2 Å². The van der Waals surface area contributed by atoms with Crippen LogP contribution in [0.1, 0.15) is 111 Å². The standard InChI is InChI=1S/C52H61BN8O8/c1-31(2)24-44(57-46(63)41(25-33-12-10-9-11-13-33)56-47(64)42-29-54-21-22-55-42)53-68-50(5,6)52(8,69-53)37-17-14-35(15-18-37)48(65)60-23-20-34-16-19-38(26-36(34)30-60)61-45(58-59-49(61)66)39-27-40(32(3)4)51(7,67)28-43(39)62/h9-19,21-22,26-29,31-32,40-41,44,62,67H,20,23-25,30H2,1-8H3,(H,56,64)(H,57,63)(H,59,66)/t40?,41-,44-,51?,52?/m0/s1. The number of benzene rings is 3. The van der Waals surface area contributed by atoms with Gasteiger partial charge in [-0.25, -0.2) is 19.4 Å². The van der Waals surface area contributed by atoms with Crippen LogP contribution in [0, 0.1) is 17.8 Å². The second kappa shape index (κ2) is 19.4. The molecule has 0 saturated carbocycles. The third kappa shape index (κ3) is 10.1. The molecule has 69 heavy (non-hydrogen) atoms. The third-order valence-electron chi connectivity index (χ3n) is 13.8. The molecule has 3 aliphatic rings. The summed E-state index contributed by atoms with van der Waals surface area (Å²) in [6.45, 7) is 16.3. The van der Waals surface area contributed by atoms with Crippen molar-refractivity contribution in [3.8, 4) is 5.69 Å². The smallest absolute Gasteiger partial charge is 0.482 e. The van der Waals surface area contributed by atoms with Crippen molar-refractivity contribution in [1.29, 1.82) is 0 Å². The zero-order chi connectivity index (χ0) is 49.4. The number of carbonyl (C=O) groups excluding carboxylic acids is 3. The predicted octanol–water partition coefficient (Wildman–Crippen LogP) is 6.05. The summed E-state index contributed by atoms with van der Waals surface area (Å²) in [6, 6.07) is 21.5. The van der Waals surface area contributed by atoms with Crippen molar-refractivity contribution in [2.24, 2.45) is 17.8 Å². The fourth-order valence-electron chi connectivity index (χ4n) is 9.75. The fraction of sp³-hybridized carbons (Fsp3) is 0.404. The van der Waals surface area contributed by atoms with Crippen LogP contribution >= 0.6 is 0 Å². The average molecular weight is 937 g/mol. The van der Waals surface area contributed by atoms with E-state index in [4.69, 9.17) is 9.31 Å². The Kier molecular flexibility index (Phi) is 13.7. The van der Waals surface area contributed by atoms with Crippen molar-refractivity contribution in [2.45, 2.75) is 110 Å². The quantitative estimate of drug-likeness (QED) is 0.0809. The minimum absolute atomic E-state index is 0.0355. The van der Waals surface area contributed by atoms with Crippen molar-refractivity contribution in [2.75, 3.05) is 6.54 Å². The molecule has 0 bridgehead atoms. The van der Waals surface area contributed by atoms with Gasteiger partial charge in [0.2, 0.25) is 5.91 Å². The maximum atomic E-state index is 14.2. The first-order valence-electron chi connectivity index (χ1n) is 23.6. The number of rotatable bonds is 14. The van der Waals surface area contributed by atoms with E-state index in [9.17, 15) is 29.4 Å². The number of hydrogen-bond acceptors (Lipinski definition) is 11. The molecule has 1 fully saturated rings. The average Bonchev–Trinajstić information content (AvgIpc) is 3.82. The van der Waals surface area contributed by atoms with Crippen LogP contribution in [0.2, 0.25) is 0 Å². The highest BCUT2D eigenvalue weighted by molar-refractivity contribution is 6.48. The van der Waals surface area contributed by atoms with E-state index in [0.29, 0.717) is 42.8 Å². The third-order valence-corrected chi connectivity index (χ3v) is 13.8. The summed E-state index contributed by atoms with van der Waals surface area (Å²) in [5.74, 6) is -1.78. The van der Waals surface area contributed by atoms with E-state index < -0.39 is 53.4 Å². The summed E-state index contributed by atoms with van der Waals surface area (Å²) in [7, 11) is -0.854. The molecule has 8 rings (SSSR count). The van der Waals surface area contributed by atoms with Crippen LogP contribution in [0.5, 0.6) is 0 Å².